The molecule has 2 nitrogen and oxygen atoms in total. The van der Waals surface area contributed by atoms with Crippen LogP contribution < -0.4 is 5.44 Å². The van der Waals surface area contributed by atoms with E-state index in [0.29, 0.717) is 0 Å². The molecular formula is C10H13N2P. The molecule has 1 atom stereocenters. The van der Waals surface area contributed by atoms with E-state index in [1.165, 1.54) is 16.7 Å². The van der Waals surface area contributed by atoms with Crippen molar-refractivity contribution in [2.45, 2.75) is 13.8 Å². The molecule has 0 aliphatic carbocycles. The minimum absolute atomic E-state index is 0.775. The first kappa shape index (κ1) is 8.71. The highest BCUT2D eigenvalue weighted by atomic mass is 31.1. The maximum Gasteiger partial charge on any atom is 0.137 e. The van der Waals surface area contributed by atoms with Crippen LogP contribution >= 0.6 is 8.58 Å². The van der Waals surface area contributed by atoms with Crippen molar-refractivity contribution in [1.29, 1.82) is 0 Å². The summed E-state index contributed by atoms with van der Waals surface area (Å²) in [6.45, 7) is 6.38. The Hall–Kier alpha value is -0.880. The summed E-state index contributed by atoms with van der Waals surface area (Å²) in [5.41, 5.74) is 4.81. The largest absolute Gasteiger partial charge is 0.306 e. The summed E-state index contributed by atoms with van der Waals surface area (Å²) in [4.78, 5) is 4.55. The lowest BCUT2D eigenvalue weighted by molar-refractivity contribution is 1.07. The minimum Gasteiger partial charge on any atom is -0.306 e. The first-order valence-corrected chi connectivity index (χ1v) is 5.85. The summed E-state index contributed by atoms with van der Waals surface area (Å²) in [5, 5.41) is 0. The normalized spacial score (nSPS) is 11.9. The van der Waals surface area contributed by atoms with E-state index in [1.807, 2.05) is 0 Å². The van der Waals surface area contributed by atoms with E-state index in [2.05, 4.69) is 48.2 Å². The summed E-state index contributed by atoms with van der Waals surface area (Å²) in [6.07, 6.45) is 2.13. The second-order valence-electron chi connectivity index (χ2n) is 3.28. The number of hydrogen-bond acceptors (Lipinski definition) is 1. The number of aryl methyl sites for hydroxylation is 2. The highest BCUT2D eigenvalue weighted by Gasteiger charge is 2.01. The molecule has 0 aromatic carbocycles. The van der Waals surface area contributed by atoms with Gasteiger partial charge in [0.1, 0.15) is 5.65 Å². The predicted octanol–water partition coefficient (Wildman–Crippen LogP) is 1.88. The molecule has 2 rings (SSSR count). The third-order valence-corrected chi connectivity index (χ3v) is 2.92. The molecule has 68 valence electrons. The third-order valence-electron chi connectivity index (χ3n) is 2.15. The Labute approximate surface area is 79.8 Å². The van der Waals surface area contributed by atoms with Gasteiger partial charge in [0.2, 0.25) is 0 Å². The Balaban J connectivity index is 2.75. The van der Waals surface area contributed by atoms with Crippen LogP contribution in [0.4, 0.5) is 0 Å². The highest BCUT2D eigenvalue weighted by molar-refractivity contribution is 7.45. The van der Waals surface area contributed by atoms with E-state index >= 15 is 0 Å². The van der Waals surface area contributed by atoms with Gasteiger partial charge in [-0.3, -0.25) is 0 Å². The molecule has 0 amide bonds. The van der Waals surface area contributed by atoms with Crippen molar-refractivity contribution < 1.29 is 0 Å². The predicted molar refractivity (Wildman–Crippen MR) is 58.5 cm³/mol. The first-order chi connectivity index (χ1) is 6.20. The standard InChI is InChI=1S/C10H13N2P/c1-7-4-9-11-10(13-3)5-8(2)12(9)6-7/h4-6,13H,1-3H3. The molecule has 0 bridgehead atoms. The van der Waals surface area contributed by atoms with Gasteiger partial charge in [0.25, 0.3) is 0 Å². The monoisotopic (exact) mass is 192 g/mol. The maximum absolute atomic E-state index is 4.55. The summed E-state index contributed by atoms with van der Waals surface area (Å²) < 4.78 is 2.14. The van der Waals surface area contributed by atoms with Gasteiger partial charge in [-0.25, -0.2) is 4.98 Å². The molecule has 1 unspecified atom stereocenters. The zero-order chi connectivity index (χ0) is 9.42. The SMILES string of the molecule is CPc1cc(C)n2cc(C)cc2n1. The van der Waals surface area contributed by atoms with E-state index in [1.54, 1.807) is 0 Å². The lowest BCUT2D eigenvalue weighted by Crippen LogP contribution is -2.05. The van der Waals surface area contributed by atoms with Gasteiger partial charge in [-0.15, -0.1) is 0 Å². The molecule has 2 heterocycles. The molecule has 0 radical (unpaired) electrons. The number of rotatable bonds is 1. The van der Waals surface area contributed by atoms with Gasteiger partial charge in [0, 0.05) is 11.9 Å². The van der Waals surface area contributed by atoms with Crippen LogP contribution in [0, 0.1) is 13.8 Å². The van der Waals surface area contributed by atoms with Crippen molar-refractivity contribution in [2.24, 2.45) is 0 Å². The zero-order valence-electron chi connectivity index (χ0n) is 8.13. The molecule has 0 saturated heterocycles. The van der Waals surface area contributed by atoms with Gasteiger partial charge in [-0.2, -0.15) is 0 Å². The van der Waals surface area contributed by atoms with E-state index in [0.717, 1.165) is 14.2 Å². The average molecular weight is 192 g/mol. The quantitative estimate of drug-likeness (QED) is 0.630. The number of hydrogen-bond donors (Lipinski definition) is 0. The lowest BCUT2D eigenvalue weighted by Gasteiger charge is -2.02. The molecular weight excluding hydrogens is 179 g/mol. The van der Waals surface area contributed by atoms with Gasteiger partial charge in [-0.1, -0.05) is 8.58 Å². The molecule has 0 N–H and O–H groups in total. The average Bonchev–Trinajstić information content (AvgIpc) is 2.46. The van der Waals surface area contributed by atoms with Gasteiger partial charge in [0.05, 0.1) is 5.44 Å². The van der Waals surface area contributed by atoms with Crippen LogP contribution in [-0.4, -0.2) is 16.0 Å². The fourth-order valence-corrected chi connectivity index (χ4v) is 2.08. The second-order valence-corrected chi connectivity index (χ2v) is 4.29. The van der Waals surface area contributed by atoms with E-state index in [-0.39, 0.29) is 0 Å². The van der Waals surface area contributed by atoms with Crippen LogP contribution in [0.5, 0.6) is 0 Å². The Bertz CT molecular complexity index is 445. The van der Waals surface area contributed by atoms with Crippen molar-refractivity contribution in [3.63, 3.8) is 0 Å². The summed E-state index contributed by atoms with van der Waals surface area (Å²) >= 11 is 0. The number of fused-ring (bicyclic) bond motifs is 1. The van der Waals surface area contributed by atoms with Crippen molar-refractivity contribution in [3.05, 3.63) is 29.6 Å². The Morgan fingerprint density at radius 1 is 1.31 bits per heavy atom. The topological polar surface area (TPSA) is 17.3 Å². The Kier molecular flexibility index (Phi) is 2.09. The zero-order valence-corrected chi connectivity index (χ0v) is 9.13. The number of nitrogens with zero attached hydrogens (tertiary/aromatic N) is 2. The molecule has 0 aliphatic rings. The van der Waals surface area contributed by atoms with Crippen molar-refractivity contribution in [1.82, 2.24) is 9.38 Å². The molecule has 0 saturated carbocycles. The van der Waals surface area contributed by atoms with E-state index < -0.39 is 0 Å². The van der Waals surface area contributed by atoms with Crippen LogP contribution in [-0.2, 0) is 0 Å². The van der Waals surface area contributed by atoms with Gasteiger partial charge >= 0.3 is 0 Å². The van der Waals surface area contributed by atoms with Crippen molar-refractivity contribution in [2.75, 3.05) is 6.66 Å². The fourth-order valence-electron chi connectivity index (χ4n) is 1.50. The van der Waals surface area contributed by atoms with Gasteiger partial charge in [0.15, 0.2) is 0 Å². The minimum atomic E-state index is 0.775. The van der Waals surface area contributed by atoms with Crippen LogP contribution in [0.1, 0.15) is 11.3 Å². The molecule has 13 heavy (non-hydrogen) atoms. The lowest BCUT2D eigenvalue weighted by atomic mass is 10.4. The van der Waals surface area contributed by atoms with Gasteiger partial charge < -0.3 is 4.40 Å². The molecule has 2 aromatic rings. The Morgan fingerprint density at radius 3 is 2.77 bits per heavy atom. The molecule has 0 aliphatic heterocycles. The van der Waals surface area contributed by atoms with Crippen LogP contribution in [0.25, 0.3) is 5.65 Å². The van der Waals surface area contributed by atoms with Crippen molar-refractivity contribution in [3.8, 4) is 0 Å². The number of aromatic nitrogens is 2. The second kappa shape index (κ2) is 3.12. The third kappa shape index (κ3) is 1.47. The first-order valence-electron chi connectivity index (χ1n) is 4.35. The molecule has 3 heteroatoms. The maximum atomic E-state index is 4.55. The summed E-state index contributed by atoms with van der Waals surface area (Å²) in [5.74, 6) is 0. The Morgan fingerprint density at radius 2 is 2.08 bits per heavy atom. The van der Waals surface area contributed by atoms with Crippen molar-refractivity contribution >= 4 is 19.7 Å². The highest BCUT2D eigenvalue weighted by Crippen LogP contribution is 2.11. The van der Waals surface area contributed by atoms with Crippen LogP contribution in [0.15, 0.2) is 18.3 Å². The smallest absolute Gasteiger partial charge is 0.137 e. The van der Waals surface area contributed by atoms with E-state index in [9.17, 15) is 0 Å². The van der Waals surface area contributed by atoms with Gasteiger partial charge in [-0.05, 0) is 38.2 Å². The molecule has 2 aromatic heterocycles. The summed E-state index contributed by atoms with van der Waals surface area (Å²) in [6, 6.07) is 4.28. The van der Waals surface area contributed by atoms with E-state index in [4.69, 9.17) is 0 Å². The molecule has 0 spiro atoms. The van der Waals surface area contributed by atoms with Crippen LogP contribution in [0.2, 0.25) is 0 Å². The molecule has 0 fully saturated rings. The summed E-state index contributed by atoms with van der Waals surface area (Å²) in [7, 11) is 0.775. The van der Waals surface area contributed by atoms with Crippen LogP contribution in [0.3, 0.4) is 0 Å². The fraction of sp³-hybridized carbons (Fsp3) is 0.300.